The molecule has 0 saturated carbocycles. The van der Waals surface area contributed by atoms with Gasteiger partial charge < -0.3 is 10.1 Å². The Labute approximate surface area is 200 Å². The van der Waals surface area contributed by atoms with Crippen molar-refractivity contribution in [2.75, 3.05) is 7.11 Å². The van der Waals surface area contributed by atoms with Crippen molar-refractivity contribution in [2.45, 2.75) is 6.54 Å². The highest BCUT2D eigenvalue weighted by atomic mass is 32.1. The Bertz CT molecular complexity index is 1530. The summed E-state index contributed by atoms with van der Waals surface area (Å²) < 4.78 is 7.36. The lowest BCUT2D eigenvalue weighted by Crippen LogP contribution is -2.33. The van der Waals surface area contributed by atoms with Crippen molar-refractivity contribution in [1.29, 1.82) is 5.26 Å². The van der Waals surface area contributed by atoms with E-state index in [0.29, 0.717) is 16.0 Å². The minimum atomic E-state index is -0.537. The van der Waals surface area contributed by atoms with E-state index in [0.717, 1.165) is 22.5 Å². The van der Waals surface area contributed by atoms with Gasteiger partial charge >= 0.3 is 0 Å². The standard InChI is InChI=1S/C27H21N3O3S/c1-33-22-14-8-11-20(15-22)16-24-26(32)30(21-12-6-3-7-13-21)27(34-24)23(17-28)25(31)29-18-19-9-4-2-5-10-19/h2-16H,18H2,1H3,(H,29,31)/b24-16+,27-23+. The van der Waals surface area contributed by atoms with Gasteiger partial charge in [-0.2, -0.15) is 5.26 Å². The summed E-state index contributed by atoms with van der Waals surface area (Å²) >= 11 is 1.11. The molecular formula is C27H21N3O3S. The molecule has 7 heteroatoms. The minimum absolute atomic E-state index is 0.118. The largest absolute Gasteiger partial charge is 0.497 e. The van der Waals surface area contributed by atoms with Gasteiger partial charge in [-0.15, -0.1) is 11.3 Å². The molecule has 168 valence electrons. The second-order valence-corrected chi connectivity index (χ2v) is 8.35. The van der Waals surface area contributed by atoms with Crippen LogP contribution in [0.2, 0.25) is 0 Å². The number of rotatable bonds is 6. The van der Waals surface area contributed by atoms with Crippen LogP contribution in [0.25, 0.3) is 17.3 Å². The highest BCUT2D eigenvalue weighted by molar-refractivity contribution is 7.07. The number of nitriles is 1. The number of hydrogen-bond acceptors (Lipinski definition) is 5. The summed E-state index contributed by atoms with van der Waals surface area (Å²) in [5, 5.41) is 12.7. The van der Waals surface area contributed by atoms with Crippen LogP contribution in [0.4, 0.5) is 0 Å². The Morgan fingerprint density at radius 2 is 1.76 bits per heavy atom. The van der Waals surface area contributed by atoms with Crippen LogP contribution in [0, 0.1) is 11.3 Å². The number of aromatic nitrogens is 1. The molecule has 1 amide bonds. The first kappa shape index (κ1) is 22.8. The average Bonchev–Trinajstić information content (AvgIpc) is 3.19. The first-order valence-corrected chi connectivity index (χ1v) is 11.3. The molecule has 0 atom stereocenters. The van der Waals surface area contributed by atoms with Gasteiger partial charge in [-0.05, 0) is 41.5 Å². The molecule has 0 radical (unpaired) electrons. The van der Waals surface area contributed by atoms with Gasteiger partial charge in [-0.25, -0.2) is 0 Å². The lowest BCUT2D eigenvalue weighted by Gasteiger charge is -2.06. The van der Waals surface area contributed by atoms with E-state index in [1.165, 1.54) is 4.57 Å². The monoisotopic (exact) mass is 467 g/mol. The summed E-state index contributed by atoms with van der Waals surface area (Å²) in [6, 6.07) is 27.7. The number of amides is 1. The van der Waals surface area contributed by atoms with Gasteiger partial charge in [0.05, 0.1) is 17.3 Å². The molecule has 1 heterocycles. The fourth-order valence-electron chi connectivity index (χ4n) is 3.41. The second kappa shape index (κ2) is 10.5. The van der Waals surface area contributed by atoms with Crippen molar-refractivity contribution in [2.24, 2.45) is 0 Å². The maximum Gasteiger partial charge on any atom is 0.273 e. The van der Waals surface area contributed by atoms with Crippen molar-refractivity contribution >= 4 is 28.9 Å². The Morgan fingerprint density at radius 3 is 2.44 bits per heavy atom. The molecular weight excluding hydrogens is 446 g/mol. The third-order valence-electron chi connectivity index (χ3n) is 5.08. The lowest BCUT2D eigenvalue weighted by molar-refractivity contribution is -0.115. The van der Waals surface area contributed by atoms with E-state index < -0.39 is 5.91 Å². The first-order chi connectivity index (χ1) is 16.6. The number of carbonyl (C=O) groups excluding carboxylic acids is 1. The van der Waals surface area contributed by atoms with E-state index >= 15 is 0 Å². The number of ether oxygens (including phenoxy) is 1. The molecule has 4 aromatic rings. The van der Waals surface area contributed by atoms with Crippen LogP contribution >= 0.6 is 11.3 Å². The molecule has 0 aliphatic rings. The summed E-state index contributed by atoms with van der Waals surface area (Å²) in [6.45, 7) is 0.272. The van der Waals surface area contributed by atoms with Crippen molar-refractivity contribution in [3.63, 3.8) is 0 Å². The average molecular weight is 468 g/mol. The molecule has 0 aliphatic carbocycles. The molecule has 1 N–H and O–H groups in total. The van der Waals surface area contributed by atoms with Crippen LogP contribution in [0.1, 0.15) is 11.1 Å². The van der Waals surface area contributed by atoms with Crippen molar-refractivity contribution in [1.82, 2.24) is 9.88 Å². The van der Waals surface area contributed by atoms with Gasteiger partial charge in [-0.1, -0.05) is 60.7 Å². The minimum Gasteiger partial charge on any atom is -0.497 e. The zero-order valence-electron chi connectivity index (χ0n) is 18.4. The number of carbonyl (C=O) groups is 1. The van der Waals surface area contributed by atoms with E-state index in [9.17, 15) is 14.9 Å². The lowest BCUT2D eigenvalue weighted by atomic mass is 10.2. The first-order valence-electron chi connectivity index (χ1n) is 10.5. The summed E-state index contributed by atoms with van der Waals surface area (Å²) in [4.78, 5) is 26.4. The molecule has 0 unspecified atom stereocenters. The van der Waals surface area contributed by atoms with Gasteiger partial charge in [0, 0.05) is 6.54 Å². The zero-order valence-corrected chi connectivity index (χ0v) is 19.2. The fraction of sp³-hybridized carbons (Fsp3) is 0.0741. The topological polar surface area (TPSA) is 84.1 Å². The molecule has 4 rings (SSSR count). The zero-order chi connectivity index (χ0) is 23.9. The van der Waals surface area contributed by atoms with Crippen molar-refractivity contribution < 1.29 is 9.53 Å². The Hall–Kier alpha value is -4.41. The highest BCUT2D eigenvalue weighted by Crippen LogP contribution is 2.13. The quantitative estimate of drug-likeness (QED) is 0.473. The van der Waals surface area contributed by atoms with Gasteiger partial charge in [0.25, 0.3) is 11.5 Å². The van der Waals surface area contributed by atoms with Crippen molar-refractivity contribution in [3.8, 4) is 17.5 Å². The third-order valence-corrected chi connectivity index (χ3v) is 6.17. The molecule has 3 aromatic carbocycles. The Balaban J connectivity index is 1.87. The molecule has 0 bridgehead atoms. The number of methoxy groups -OCH3 is 1. The van der Waals surface area contributed by atoms with Gasteiger partial charge in [-0.3, -0.25) is 14.2 Å². The van der Waals surface area contributed by atoms with E-state index in [1.807, 2.05) is 66.7 Å². The van der Waals surface area contributed by atoms with Crippen LogP contribution in [0.15, 0.2) is 89.7 Å². The van der Waals surface area contributed by atoms with Crippen LogP contribution in [-0.2, 0) is 11.3 Å². The Morgan fingerprint density at radius 1 is 1.06 bits per heavy atom. The van der Waals surface area contributed by atoms with E-state index in [2.05, 4.69) is 5.32 Å². The second-order valence-electron chi connectivity index (χ2n) is 7.32. The van der Waals surface area contributed by atoms with Gasteiger partial charge in [0.15, 0.2) is 5.57 Å². The number of thiazole rings is 1. The number of hydrogen-bond donors (Lipinski definition) is 1. The van der Waals surface area contributed by atoms with E-state index in [1.54, 1.807) is 37.5 Å². The third kappa shape index (κ3) is 4.98. The molecule has 0 aliphatic heterocycles. The summed E-state index contributed by atoms with van der Waals surface area (Å²) in [5.41, 5.74) is 1.83. The van der Waals surface area contributed by atoms with Crippen molar-refractivity contribution in [3.05, 3.63) is 116 Å². The Kier molecular flexibility index (Phi) is 7.01. The number of nitrogens with zero attached hydrogens (tertiary/aromatic N) is 2. The van der Waals surface area contributed by atoms with Crippen LogP contribution in [0.3, 0.4) is 0 Å². The SMILES string of the molecule is COc1cccc(/C=c2/s/c(=C(\C#N)C(=O)NCc3ccccc3)n(-c3ccccc3)c2=O)c1. The molecule has 6 nitrogen and oxygen atoms in total. The van der Waals surface area contributed by atoms with Gasteiger partial charge in [0.1, 0.15) is 16.5 Å². The molecule has 0 fully saturated rings. The molecule has 34 heavy (non-hydrogen) atoms. The van der Waals surface area contributed by atoms with E-state index in [4.69, 9.17) is 4.74 Å². The van der Waals surface area contributed by atoms with Crippen LogP contribution in [-0.4, -0.2) is 17.6 Å². The summed E-state index contributed by atoms with van der Waals surface area (Å²) in [7, 11) is 1.58. The number of benzene rings is 3. The van der Waals surface area contributed by atoms with Crippen LogP contribution in [0.5, 0.6) is 5.75 Å². The maximum absolute atomic E-state index is 13.4. The van der Waals surface area contributed by atoms with Crippen LogP contribution < -0.4 is 24.8 Å². The highest BCUT2D eigenvalue weighted by Gasteiger charge is 2.17. The predicted octanol–water partition coefficient (Wildman–Crippen LogP) is 2.73. The van der Waals surface area contributed by atoms with Gasteiger partial charge in [0.2, 0.25) is 0 Å². The number of nitrogens with one attached hydrogen (secondary N) is 1. The number of para-hydroxylation sites is 1. The molecule has 1 aromatic heterocycles. The van der Waals surface area contributed by atoms with E-state index in [-0.39, 0.29) is 22.3 Å². The molecule has 0 saturated heterocycles. The fourth-order valence-corrected chi connectivity index (χ4v) is 4.51. The molecule has 0 spiro atoms. The predicted molar refractivity (Wildman–Crippen MR) is 133 cm³/mol. The maximum atomic E-state index is 13.4. The smallest absolute Gasteiger partial charge is 0.273 e. The summed E-state index contributed by atoms with van der Waals surface area (Å²) in [5.74, 6) is 0.128. The summed E-state index contributed by atoms with van der Waals surface area (Å²) in [6.07, 6.45) is 1.73. The normalized spacial score (nSPS) is 12.1.